The molecule has 0 aliphatic rings. The van der Waals surface area contributed by atoms with Gasteiger partial charge in [-0.25, -0.2) is 0 Å². The Labute approximate surface area is 93.5 Å². The first kappa shape index (κ1) is 9.86. The maximum absolute atomic E-state index is 5.65. The van der Waals surface area contributed by atoms with Gasteiger partial charge in [0, 0.05) is 18.0 Å². The molecule has 76 valence electrons. The van der Waals surface area contributed by atoms with Gasteiger partial charge < -0.3 is 5.73 Å². The molecule has 1 aromatic carbocycles. The van der Waals surface area contributed by atoms with E-state index in [1.807, 2.05) is 41.2 Å². The lowest BCUT2D eigenvalue weighted by Crippen LogP contribution is -2.14. The van der Waals surface area contributed by atoms with Crippen molar-refractivity contribution in [3.63, 3.8) is 0 Å². The molecule has 0 aliphatic heterocycles. The molecule has 3 nitrogen and oxygen atoms in total. The van der Waals surface area contributed by atoms with Crippen LogP contribution in [-0.2, 0) is 6.54 Å². The molecule has 0 atom stereocenters. The lowest BCUT2D eigenvalue weighted by molar-refractivity contribution is 0.686. The molecule has 0 amide bonds. The number of thiocarbonyl (C=S) groups is 1. The van der Waals surface area contributed by atoms with E-state index in [1.165, 1.54) is 0 Å². The summed E-state index contributed by atoms with van der Waals surface area (Å²) in [5.41, 5.74) is 7.66. The van der Waals surface area contributed by atoms with Crippen molar-refractivity contribution in [1.82, 2.24) is 9.78 Å². The second-order valence-electron chi connectivity index (χ2n) is 3.23. The van der Waals surface area contributed by atoms with Gasteiger partial charge in [0.15, 0.2) is 0 Å². The minimum Gasteiger partial charge on any atom is -0.389 e. The van der Waals surface area contributed by atoms with E-state index >= 15 is 0 Å². The van der Waals surface area contributed by atoms with Gasteiger partial charge in [-0.05, 0) is 11.6 Å². The van der Waals surface area contributed by atoms with Crippen molar-refractivity contribution in [3.8, 4) is 0 Å². The SMILES string of the molecule is NC(=S)c1ccccc1Cn1cccn1. The molecular formula is C11H11N3S. The Morgan fingerprint density at radius 1 is 1.33 bits per heavy atom. The van der Waals surface area contributed by atoms with E-state index in [0.717, 1.165) is 11.1 Å². The molecule has 4 heteroatoms. The van der Waals surface area contributed by atoms with Crippen molar-refractivity contribution >= 4 is 17.2 Å². The van der Waals surface area contributed by atoms with Gasteiger partial charge in [-0.15, -0.1) is 0 Å². The fourth-order valence-electron chi connectivity index (χ4n) is 1.47. The molecule has 0 bridgehead atoms. The average molecular weight is 217 g/mol. The van der Waals surface area contributed by atoms with Gasteiger partial charge in [0.05, 0.1) is 6.54 Å². The Hall–Kier alpha value is -1.68. The van der Waals surface area contributed by atoms with Crippen LogP contribution in [0.2, 0.25) is 0 Å². The number of nitrogens with zero attached hydrogens (tertiary/aromatic N) is 2. The molecular weight excluding hydrogens is 206 g/mol. The molecule has 0 saturated carbocycles. The van der Waals surface area contributed by atoms with Crippen LogP contribution in [0.1, 0.15) is 11.1 Å². The second kappa shape index (κ2) is 4.23. The van der Waals surface area contributed by atoms with Crippen LogP contribution in [0, 0.1) is 0 Å². The highest BCUT2D eigenvalue weighted by molar-refractivity contribution is 7.80. The molecule has 0 unspecified atom stereocenters. The Balaban J connectivity index is 2.32. The van der Waals surface area contributed by atoms with E-state index < -0.39 is 0 Å². The standard InChI is InChI=1S/C11H11N3S/c12-11(15)10-5-2-1-4-9(10)8-14-7-3-6-13-14/h1-7H,8H2,(H2,12,15). The zero-order valence-electron chi connectivity index (χ0n) is 8.13. The predicted octanol–water partition coefficient (Wildman–Crippen LogP) is 1.57. The minimum atomic E-state index is 0.428. The fraction of sp³-hybridized carbons (Fsp3) is 0.0909. The summed E-state index contributed by atoms with van der Waals surface area (Å²) in [7, 11) is 0. The van der Waals surface area contributed by atoms with E-state index in [0.29, 0.717) is 11.5 Å². The molecule has 2 N–H and O–H groups in total. The Kier molecular flexibility index (Phi) is 2.78. The van der Waals surface area contributed by atoms with E-state index in [2.05, 4.69) is 5.10 Å². The van der Waals surface area contributed by atoms with Gasteiger partial charge in [0.1, 0.15) is 4.99 Å². The molecule has 0 radical (unpaired) electrons. The highest BCUT2D eigenvalue weighted by Crippen LogP contribution is 2.09. The summed E-state index contributed by atoms with van der Waals surface area (Å²) in [6.07, 6.45) is 3.67. The van der Waals surface area contributed by atoms with Crippen LogP contribution in [0.5, 0.6) is 0 Å². The lowest BCUT2D eigenvalue weighted by atomic mass is 10.1. The topological polar surface area (TPSA) is 43.8 Å². The van der Waals surface area contributed by atoms with Crippen molar-refractivity contribution in [2.24, 2.45) is 5.73 Å². The summed E-state index contributed by atoms with van der Waals surface area (Å²) in [5, 5.41) is 4.14. The third-order valence-electron chi connectivity index (χ3n) is 2.17. The van der Waals surface area contributed by atoms with Crippen LogP contribution in [0.15, 0.2) is 42.7 Å². The quantitative estimate of drug-likeness (QED) is 0.794. The molecule has 0 saturated heterocycles. The van der Waals surface area contributed by atoms with Gasteiger partial charge in [0.2, 0.25) is 0 Å². The molecule has 1 aromatic heterocycles. The van der Waals surface area contributed by atoms with Crippen molar-refractivity contribution in [2.75, 3.05) is 0 Å². The molecule has 2 rings (SSSR count). The molecule has 0 aliphatic carbocycles. The number of rotatable bonds is 3. The largest absolute Gasteiger partial charge is 0.389 e. The number of aromatic nitrogens is 2. The summed E-state index contributed by atoms with van der Waals surface area (Å²) < 4.78 is 1.84. The normalized spacial score (nSPS) is 10.1. The fourth-order valence-corrected chi connectivity index (χ4v) is 1.67. The van der Waals surface area contributed by atoms with Gasteiger partial charge in [-0.1, -0.05) is 36.5 Å². The zero-order chi connectivity index (χ0) is 10.7. The first-order chi connectivity index (χ1) is 7.27. The van der Waals surface area contributed by atoms with Crippen molar-refractivity contribution < 1.29 is 0 Å². The number of benzene rings is 1. The zero-order valence-corrected chi connectivity index (χ0v) is 8.95. The van der Waals surface area contributed by atoms with E-state index in [9.17, 15) is 0 Å². The van der Waals surface area contributed by atoms with Crippen molar-refractivity contribution in [2.45, 2.75) is 6.54 Å². The summed E-state index contributed by atoms with van der Waals surface area (Å²) >= 11 is 4.99. The molecule has 15 heavy (non-hydrogen) atoms. The third-order valence-corrected chi connectivity index (χ3v) is 2.39. The number of hydrogen-bond donors (Lipinski definition) is 1. The maximum atomic E-state index is 5.65. The van der Waals surface area contributed by atoms with Gasteiger partial charge in [0.25, 0.3) is 0 Å². The minimum absolute atomic E-state index is 0.428. The Bertz CT molecular complexity index is 462. The highest BCUT2D eigenvalue weighted by Gasteiger charge is 2.04. The summed E-state index contributed by atoms with van der Waals surface area (Å²) in [5.74, 6) is 0. The van der Waals surface area contributed by atoms with Crippen molar-refractivity contribution in [3.05, 3.63) is 53.9 Å². The van der Waals surface area contributed by atoms with E-state index in [-0.39, 0.29) is 0 Å². The monoisotopic (exact) mass is 217 g/mol. The van der Waals surface area contributed by atoms with Crippen LogP contribution in [0.25, 0.3) is 0 Å². The van der Waals surface area contributed by atoms with Crippen LogP contribution in [0.4, 0.5) is 0 Å². The molecule has 1 heterocycles. The van der Waals surface area contributed by atoms with Crippen LogP contribution < -0.4 is 5.73 Å². The summed E-state index contributed by atoms with van der Waals surface area (Å²) in [6.45, 7) is 0.695. The summed E-state index contributed by atoms with van der Waals surface area (Å²) in [4.78, 5) is 0.428. The first-order valence-electron chi connectivity index (χ1n) is 4.62. The van der Waals surface area contributed by atoms with Crippen LogP contribution in [-0.4, -0.2) is 14.8 Å². The van der Waals surface area contributed by atoms with E-state index in [4.69, 9.17) is 18.0 Å². The second-order valence-corrected chi connectivity index (χ2v) is 3.66. The predicted molar refractivity (Wildman–Crippen MR) is 63.7 cm³/mol. The van der Waals surface area contributed by atoms with Crippen molar-refractivity contribution in [1.29, 1.82) is 0 Å². The van der Waals surface area contributed by atoms with Crippen LogP contribution >= 0.6 is 12.2 Å². The Morgan fingerprint density at radius 2 is 2.13 bits per heavy atom. The average Bonchev–Trinajstić information content (AvgIpc) is 2.71. The van der Waals surface area contributed by atoms with Gasteiger partial charge >= 0.3 is 0 Å². The number of hydrogen-bond acceptors (Lipinski definition) is 2. The molecule has 2 aromatic rings. The maximum Gasteiger partial charge on any atom is 0.104 e. The van der Waals surface area contributed by atoms with Crippen LogP contribution in [0.3, 0.4) is 0 Å². The summed E-state index contributed by atoms with van der Waals surface area (Å²) in [6, 6.07) is 9.74. The first-order valence-corrected chi connectivity index (χ1v) is 5.03. The molecule has 0 spiro atoms. The third kappa shape index (κ3) is 2.22. The smallest absolute Gasteiger partial charge is 0.104 e. The Morgan fingerprint density at radius 3 is 2.80 bits per heavy atom. The lowest BCUT2D eigenvalue weighted by Gasteiger charge is -2.07. The number of nitrogens with two attached hydrogens (primary N) is 1. The van der Waals surface area contributed by atoms with Gasteiger partial charge in [-0.3, -0.25) is 4.68 Å². The van der Waals surface area contributed by atoms with Gasteiger partial charge in [-0.2, -0.15) is 5.10 Å². The molecule has 0 fully saturated rings. The highest BCUT2D eigenvalue weighted by atomic mass is 32.1. The van der Waals surface area contributed by atoms with E-state index in [1.54, 1.807) is 6.20 Å².